The van der Waals surface area contributed by atoms with Crippen LogP contribution in [-0.2, 0) is 0 Å². The van der Waals surface area contributed by atoms with E-state index in [1.54, 1.807) is 0 Å². The van der Waals surface area contributed by atoms with Gasteiger partial charge in [-0.3, -0.25) is 0 Å². The standard InChI is InChI=1S/C10H14O/c11-4-10-7-2-5-1-6(3-7)9(10)8(5)10/h5-9,11H,1-4H2. The predicted octanol–water partition coefficient (Wildman–Crippen LogP) is 1.27. The van der Waals surface area contributed by atoms with E-state index in [9.17, 15) is 5.11 Å². The van der Waals surface area contributed by atoms with Crippen molar-refractivity contribution >= 4 is 0 Å². The molecule has 4 atom stereocenters. The minimum atomic E-state index is 0.508. The summed E-state index contributed by atoms with van der Waals surface area (Å²) in [7, 11) is 0. The smallest absolute Gasteiger partial charge is 0.0495 e. The lowest BCUT2D eigenvalue weighted by atomic mass is 9.87. The van der Waals surface area contributed by atoms with Gasteiger partial charge in [0.05, 0.1) is 0 Å². The Morgan fingerprint density at radius 2 is 1.73 bits per heavy atom. The molecule has 4 fully saturated rings. The maximum Gasteiger partial charge on any atom is 0.0495 e. The Hall–Kier alpha value is -0.0400. The third-order valence-electron chi connectivity index (χ3n) is 5.35. The van der Waals surface area contributed by atoms with Crippen molar-refractivity contribution in [1.29, 1.82) is 0 Å². The predicted molar refractivity (Wildman–Crippen MR) is 40.8 cm³/mol. The van der Waals surface area contributed by atoms with Crippen molar-refractivity contribution < 1.29 is 5.11 Å². The summed E-state index contributed by atoms with van der Waals surface area (Å²) in [6.07, 6.45) is 4.46. The zero-order valence-electron chi connectivity index (χ0n) is 6.66. The molecule has 0 aromatic rings. The van der Waals surface area contributed by atoms with E-state index in [2.05, 4.69) is 0 Å². The normalized spacial score (nSPS) is 74.5. The monoisotopic (exact) mass is 150 g/mol. The number of hydrogen-bond acceptors (Lipinski definition) is 1. The summed E-state index contributed by atoms with van der Waals surface area (Å²) in [5.74, 6) is 5.05. The number of aliphatic hydroxyl groups is 1. The molecule has 4 unspecified atom stereocenters. The van der Waals surface area contributed by atoms with Crippen molar-refractivity contribution in [3.63, 3.8) is 0 Å². The Morgan fingerprint density at radius 1 is 1.09 bits per heavy atom. The van der Waals surface area contributed by atoms with Crippen LogP contribution in [0.15, 0.2) is 0 Å². The molecule has 0 aliphatic heterocycles. The third kappa shape index (κ3) is 0.342. The van der Waals surface area contributed by atoms with Gasteiger partial charge >= 0.3 is 0 Å². The Kier molecular flexibility index (Phi) is 0.651. The highest BCUT2D eigenvalue weighted by Gasteiger charge is 2.82. The van der Waals surface area contributed by atoms with Crippen LogP contribution in [0.25, 0.3) is 0 Å². The van der Waals surface area contributed by atoms with Gasteiger partial charge in [-0.2, -0.15) is 0 Å². The van der Waals surface area contributed by atoms with Crippen LogP contribution < -0.4 is 0 Å². The van der Waals surface area contributed by atoms with Gasteiger partial charge in [0, 0.05) is 12.0 Å². The van der Waals surface area contributed by atoms with Gasteiger partial charge in [0.2, 0.25) is 0 Å². The van der Waals surface area contributed by atoms with E-state index in [0.29, 0.717) is 12.0 Å². The topological polar surface area (TPSA) is 20.2 Å². The SMILES string of the molecule is OCC12C3CC4CC(C3)C1C42. The molecule has 11 heavy (non-hydrogen) atoms. The second kappa shape index (κ2) is 1.28. The first kappa shape index (κ1) is 5.58. The molecule has 1 nitrogen and oxygen atoms in total. The van der Waals surface area contributed by atoms with Crippen LogP contribution in [0.4, 0.5) is 0 Å². The lowest BCUT2D eigenvalue weighted by Crippen LogP contribution is -2.14. The van der Waals surface area contributed by atoms with E-state index in [-0.39, 0.29) is 0 Å². The van der Waals surface area contributed by atoms with Crippen molar-refractivity contribution in [3.8, 4) is 0 Å². The maximum absolute atomic E-state index is 9.39. The molecule has 4 aliphatic carbocycles. The van der Waals surface area contributed by atoms with E-state index in [1.807, 2.05) is 0 Å². The van der Waals surface area contributed by atoms with Crippen LogP contribution in [0.3, 0.4) is 0 Å². The molecule has 0 radical (unpaired) electrons. The van der Waals surface area contributed by atoms with Gasteiger partial charge in [-0.25, -0.2) is 0 Å². The Labute approximate surface area is 66.8 Å². The molecule has 60 valence electrons. The first-order valence-electron chi connectivity index (χ1n) is 4.99. The average molecular weight is 150 g/mol. The van der Waals surface area contributed by atoms with Crippen molar-refractivity contribution in [2.75, 3.05) is 6.61 Å². The Bertz CT molecular complexity index is 212. The molecule has 0 saturated heterocycles. The average Bonchev–Trinajstić information content (AvgIpc) is 2.50. The number of aliphatic hydroxyl groups excluding tert-OH is 1. The second-order valence-corrected chi connectivity index (χ2v) is 5.25. The van der Waals surface area contributed by atoms with Gasteiger partial charge in [0.25, 0.3) is 0 Å². The Balaban J connectivity index is 1.90. The second-order valence-electron chi connectivity index (χ2n) is 5.25. The van der Waals surface area contributed by atoms with E-state index in [0.717, 1.165) is 29.6 Å². The largest absolute Gasteiger partial charge is 0.396 e. The summed E-state index contributed by atoms with van der Waals surface area (Å²) < 4.78 is 0. The van der Waals surface area contributed by atoms with E-state index < -0.39 is 0 Å². The lowest BCUT2D eigenvalue weighted by molar-refractivity contribution is 0.169. The molecule has 0 heterocycles. The fourth-order valence-corrected chi connectivity index (χ4v) is 5.30. The maximum atomic E-state index is 9.39. The van der Waals surface area contributed by atoms with Crippen LogP contribution in [0.2, 0.25) is 0 Å². The Morgan fingerprint density at radius 3 is 2.09 bits per heavy atom. The highest BCUT2D eigenvalue weighted by Crippen LogP contribution is 2.86. The molecule has 4 aliphatic rings. The summed E-state index contributed by atoms with van der Waals surface area (Å²) >= 11 is 0. The summed E-state index contributed by atoms with van der Waals surface area (Å²) in [4.78, 5) is 0. The van der Waals surface area contributed by atoms with Crippen LogP contribution in [-0.4, -0.2) is 11.7 Å². The molecule has 0 spiro atoms. The molecule has 1 heteroatoms. The first-order chi connectivity index (χ1) is 5.38. The molecular formula is C10H14O. The lowest BCUT2D eigenvalue weighted by Gasteiger charge is -2.18. The quantitative estimate of drug-likeness (QED) is 0.597. The van der Waals surface area contributed by atoms with E-state index in [4.69, 9.17) is 0 Å². The van der Waals surface area contributed by atoms with Crippen LogP contribution in [0, 0.1) is 35.0 Å². The van der Waals surface area contributed by atoms with Crippen LogP contribution >= 0.6 is 0 Å². The zero-order chi connectivity index (χ0) is 7.22. The molecule has 0 amide bonds. The summed E-state index contributed by atoms with van der Waals surface area (Å²) in [6, 6.07) is 0. The van der Waals surface area contributed by atoms with Gasteiger partial charge in [0.15, 0.2) is 0 Å². The molecule has 1 N–H and O–H groups in total. The molecule has 0 bridgehead atoms. The fourth-order valence-electron chi connectivity index (χ4n) is 5.30. The highest BCUT2D eigenvalue weighted by molar-refractivity contribution is 5.30. The molecule has 0 aromatic heterocycles. The van der Waals surface area contributed by atoms with Crippen LogP contribution in [0.1, 0.15) is 19.3 Å². The van der Waals surface area contributed by atoms with Gasteiger partial charge in [-0.1, -0.05) is 0 Å². The highest BCUT2D eigenvalue weighted by atomic mass is 16.3. The number of rotatable bonds is 1. The minimum absolute atomic E-state index is 0.508. The van der Waals surface area contributed by atoms with Gasteiger partial charge in [-0.05, 0) is 48.9 Å². The summed E-state index contributed by atoms with van der Waals surface area (Å²) in [5, 5.41) is 9.39. The zero-order valence-corrected chi connectivity index (χ0v) is 6.66. The van der Waals surface area contributed by atoms with Gasteiger partial charge in [-0.15, -0.1) is 0 Å². The third-order valence-corrected chi connectivity index (χ3v) is 5.35. The molecular weight excluding hydrogens is 136 g/mol. The van der Waals surface area contributed by atoms with Crippen molar-refractivity contribution in [2.24, 2.45) is 35.0 Å². The van der Waals surface area contributed by atoms with Crippen LogP contribution in [0.5, 0.6) is 0 Å². The molecule has 4 rings (SSSR count). The molecule has 0 aromatic carbocycles. The van der Waals surface area contributed by atoms with Gasteiger partial charge < -0.3 is 5.11 Å². The summed E-state index contributed by atoms with van der Waals surface area (Å²) in [5.41, 5.74) is 0.508. The van der Waals surface area contributed by atoms with E-state index >= 15 is 0 Å². The van der Waals surface area contributed by atoms with Crippen molar-refractivity contribution in [2.45, 2.75) is 19.3 Å². The van der Waals surface area contributed by atoms with Gasteiger partial charge in [0.1, 0.15) is 0 Å². The van der Waals surface area contributed by atoms with Crippen molar-refractivity contribution in [3.05, 3.63) is 0 Å². The summed E-state index contributed by atoms with van der Waals surface area (Å²) in [6.45, 7) is 0.514. The fraction of sp³-hybridized carbons (Fsp3) is 1.00. The molecule has 4 saturated carbocycles. The first-order valence-corrected chi connectivity index (χ1v) is 4.99. The van der Waals surface area contributed by atoms with Crippen molar-refractivity contribution in [1.82, 2.24) is 0 Å². The minimum Gasteiger partial charge on any atom is -0.396 e. The van der Waals surface area contributed by atoms with E-state index in [1.165, 1.54) is 19.3 Å². The number of hydrogen-bond donors (Lipinski definition) is 1.